The number of aliphatic hydroxyl groups excluding tert-OH is 1. The highest BCUT2D eigenvalue weighted by Crippen LogP contribution is 2.46. The van der Waals surface area contributed by atoms with Crippen molar-refractivity contribution in [3.63, 3.8) is 0 Å². The lowest BCUT2D eigenvalue weighted by molar-refractivity contribution is -0.112. The van der Waals surface area contributed by atoms with Crippen LogP contribution in [0.2, 0.25) is 0 Å². The highest BCUT2D eigenvalue weighted by atomic mass is 32.1. The Balaban J connectivity index is 1.43. The third-order valence-corrected chi connectivity index (χ3v) is 7.77. The Morgan fingerprint density at radius 1 is 1.41 bits per heavy atom. The maximum atomic E-state index is 9.49. The molecule has 29 heavy (non-hydrogen) atoms. The predicted octanol–water partition coefficient (Wildman–Crippen LogP) is 3.37. The Morgan fingerprint density at radius 3 is 2.97 bits per heavy atom. The summed E-state index contributed by atoms with van der Waals surface area (Å²) in [6.07, 6.45) is 6.27. The van der Waals surface area contributed by atoms with Gasteiger partial charge in [0.25, 0.3) is 0 Å². The van der Waals surface area contributed by atoms with E-state index in [2.05, 4.69) is 35.1 Å². The SMILES string of the molecule is CCc1cc2c(s1)CCO[C@@]21CCN(Cc2cn(CC(C)(C)CO)nn2)[C@@H](C)C1. The molecule has 6 nitrogen and oxygen atoms in total. The molecule has 1 spiro atoms. The molecule has 2 aromatic rings. The standard InChI is InChI=1S/C22H34N4O2S/c1-5-18-10-19-20(29-18)6-9-28-22(19)7-8-25(16(2)11-22)12-17-13-26(24-23-17)14-21(3,4)15-27/h10,13,16,27H,5-9,11-12,14-15H2,1-4H3/t16-,22+/m0/s1. The Morgan fingerprint density at radius 2 is 2.24 bits per heavy atom. The van der Waals surface area contributed by atoms with E-state index in [-0.39, 0.29) is 17.6 Å². The summed E-state index contributed by atoms with van der Waals surface area (Å²) in [7, 11) is 0. The maximum Gasteiger partial charge on any atom is 0.0969 e. The zero-order chi connectivity index (χ0) is 20.6. The molecule has 0 saturated carbocycles. The summed E-state index contributed by atoms with van der Waals surface area (Å²) in [5, 5.41) is 18.1. The topological polar surface area (TPSA) is 63.4 Å². The van der Waals surface area contributed by atoms with Crippen molar-refractivity contribution in [1.82, 2.24) is 19.9 Å². The Hall–Kier alpha value is -1.28. The number of fused-ring (bicyclic) bond motifs is 2. The summed E-state index contributed by atoms with van der Waals surface area (Å²) in [6.45, 7) is 12.1. The predicted molar refractivity (Wildman–Crippen MR) is 115 cm³/mol. The molecular formula is C22H34N4O2S. The first-order valence-electron chi connectivity index (χ1n) is 10.8. The number of rotatable bonds is 6. The number of hydrogen-bond acceptors (Lipinski definition) is 6. The van der Waals surface area contributed by atoms with Gasteiger partial charge in [0.1, 0.15) is 0 Å². The van der Waals surface area contributed by atoms with Crippen molar-refractivity contribution in [1.29, 1.82) is 0 Å². The van der Waals surface area contributed by atoms with Crippen LogP contribution < -0.4 is 0 Å². The Kier molecular flexibility index (Phi) is 5.86. The number of thiophene rings is 1. The van der Waals surface area contributed by atoms with Gasteiger partial charge in [0.15, 0.2) is 0 Å². The molecule has 1 N–H and O–H groups in total. The molecule has 2 aromatic heterocycles. The fraction of sp³-hybridized carbons (Fsp3) is 0.727. The lowest BCUT2D eigenvalue weighted by atomic mass is 9.79. The first-order chi connectivity index (χ1) is 13.8. The quantitative estimate of drug-likeness (QED) is 0.779. The van der Waals surface area contributed by atoms with Crippen LogP contribution in [0.5, 0.6) is 0 Å². The molecule has 4 rings (SSSR count). The Labute approximate surface area is 177 Å². The van der Waals surface area contributed by atoms with Crippen LogP contribution in [0.15, 0.2) is 12.3 Å². The van der Waals surface area contributed by atoms with Crippen molar-refractivity contribution in [2.45, 2.75) is 78.1 Å². The molecule has 2 atom stereocenters. The van der Waals surface area contributed by atoms with Crippen molar-refractivity contribution in [3.8, 4) is 0 Å². The first-order valence-corrected chi connectivity index (χ1v) is 11.7. The summed E-state index contributed by atoms with van der Waals surface area (Å²) in [5.41, 5.74) is 2.17. The molecule has 0 radical (unpaired) electrons. The molecule has 0 aliphatic carbocycles. The minimum absolute atomic E-state index is 0.101. The molecule has 7 heteroatoms. The summed E-state index contributed by atoms with van der Waals surface area (Å²) in [4.78, 5) is 5.53. The number of aromatic nitrogens is 3. The lowest BCUT2D eigenvalue weighted by Gasteiger charge is -2.47. The van der Waals surface area contributed by atoms with Crippen LogP contribution >= 0.6 is 11.3 Å². The van der Waals surface area contributed by atoms with Crippen molar-refractivity contribution in [2.75, 3.05) is 19.8 Å². The van der Waals surface area contributed by atoms with E-state index >= 15 is 0 Å². The highest BCUT2D eigenvalue weighted by Gasteiger charge is 2.44. The van der Waals surface area contributed by atoms with Crippen molar-refractivity contribution in [3.05, 3.63) is 33.3 Å². The van der Waals surface area contributed by atoms with Crippen molar-refractivity contribution >= 4 is 11.3 Å². The van der Waals surface area contributed by atoms with Crippen LogP contribution in [0.1, 0.15) is 61.5 Å². The van der Waals surface area contributed by atoms with E-state index < -0.39 is 0 Å². The lowest BCUT2D eigenvalue weighted by Crippen LogP contribution is -2.50. The second-order valence-corrected chi connectivity index (χ2v) is 10.7. The monoisotopic (exact) mass is 418 g/mol. The van der Waals surface area contributed by atoms with Crippen LogP contribution in [-0.4, -0.2) is 50.8 Å². The van der Waals surface area contributed by atoms with E-state index in [1.54, 1.807) is 4.88 Å². The summed E-state index contributed by atoms with van der Waals surface area (Å²) < 4.78 is 8.31. The van der Waals surface area contributed by atoms with Gasteiger partial charge in [-0.3, -0.25) is 9.58 Å². The molecule has 1 saturated heterocycles. The number of aryl methyl sites for hydroxylation is 1. The molecule has 0 unspecified atom stereocenters. The van der Waals surface area contributed by atoms with Crippen LogP contribution in [-0.2, 0) is 36.3 Å². The number of piperidine rings is 1. The van der Waals surface area contributed by atoms with Gasteiger partial charge in [0, 0.05) is 60.1 Å². The van der Waals surface area contributed by atoms with E-state index in [1.165, 1.54) is 10.4 Å². The molecule has 0 bridgehead atoms. The fourth-order valence-electron chi connectivity index (χ4n) is 4.70. The third kappa shape index (κ3) is 4.29. The van der Waals surface area contributed by atoms with Gasteiger partial charge in [0.05, 0.1) is 17.9 Å². The summed E-state index contributed by atoms with van der Waals surface area (Å²) in [5.74, 6) is 0. The normalized spacial score (nSPS) is 25.5. The minimum atomic E-state index is -0.191. The first kappa shape index (κ1) is 21.0. The largest absolute Gasteiger partial charge is 0.396 e. The minimum Gasteiger partial charge on any atom is -0.396 e. The van der Waals surface area contributed by atoms with E-state index in [4.69, 9.17) is 4.74 Å². The van der Waals surface area contributed by atoms with E-state index in [1.807, 2.05) is 36.1 Å². The molecule has 0 amide bonds. The van der Waals surface area contributed by atoms with Crippen LogP contribution in [0.3, 0.4) is 0 Å². The van der Waals surface area contributed by atoms with Gasteiger partial charge < -0.3 is 9.84 Å². The summed E-state index contributed by atoms with van der Waals surface area (Å²) in [6, 6.07) is 2.84. The molecule has 4 heterocycles. The molecular weight excluding hydrogens is 384 g/mol. The van der Waals surface area contributed by atoms with Crippen LogP contribution in [0.25, 0.3) is 0 Å². The molecule has 160 valence electrons. The van der Waals surface area contributed by atoms with Gasteiger partial charge in [-0.2, -0.15) is 0 Å². The number of likely N-dealkylation sites (tertiary alicyclic amines) is 1. The highest BCUT2D eigenvalue weighted by molar-refractivity contribution is 7.12. The van der Waals surface area contributed by atoms with Crippen LogP contribution in [0.4, 0.5) is 0 Å². The van der Waals surface area contributed by atoms with Gasteiger partial charge in [-0.1, -0.05) is 26.0 Å². The smallest absolute Gasteiger partial charge is 0.0969 e. The second-order valence-electron chi connectivity index (χ2n) is 9.50. The molecule has 2 aliphatic rings. The number of hydrogen-bond donors (Lipinski definition) is 1. The molecule has 0 aromatic carbocycles. The van der Waals surface area contributed by atoms with Crippen LogP contribution in [0, 0.1) is 5.41 Å². The second kappa shape index (κ2) is 8.10. The maximum absolute atomic E-state index is 9.49. The molecule has 2 aliphatic heterocycles. The zero-order valence-electron chi connectivity index (χ0n) is 18.1. The van der Waals surface area contributed by atoms with Crippen molar-refractivity contribution in [2.24, 2.45) is 5.41 Å². The van der Waals surface area contributed by atoms with Gasteiger partial charge in [0.2, 0.25) is 0 Å². The van der Waals surface area contributed by atoms with Gasteiger partial charge in [-0.25, -0.2) is 0 Å². The Bertz CT molecular complexity index is 846. The fourth-order valence-corrected chi connectivity index (χ4v) is 5.87. The zero-order valence-corrected chi connectivity index (χ0v) is 19.0. The average molecular weight is 419 g/mol. The van der Waals surface area contributed by atoms with E-state index in [0.29, 0.717) is 12.6 Å². The third-order valence-electron chi connectivity index (χ3n) is 6.43. The van der Waals surface area contributed by atoms with Crippen molar-refractivity contribution < 1.29 is 9.84 Å². The average Bonchev–Trinajstić information content (AvgIpc) is 3.31. The van der Waals surface area contributed by atoms with Gasteiger partial charge in [-0.15, -0.1) is 16.4 Å². The van der Waals surface area contributed by atoms with E-state index in [9.17, 15) is 5.11 Å². The van der Waals surface area contributed by atoms with Gasteiger partial charge >= 0.3 is 0 Å². The van der Waals surface area contributed by atoms with Gasteiger partial charge in [-0.05, 0) is 37.8 Å². The number of aliphatic hydroxyl groups is 1. The number of nitrogens with zero attached hydrogens (tertiary/aromatic N) is 4. The summed E-state index contributed by atoms with van der Waals surface area (Å²) >= 11 is 1.98. The number of ether oxygens (including phenoxy) is 1. The molecule has 1 fully saturated rings. The van der Waals surface area contributed by atoms with E-state index in [0.717, 1.165) is 51.1 Å².